The fraction of sp³-hybridized carbons (Fsp3) is 0.0667. The van der Waals surface area contributed by atoms with Crippen LogP contribution in [0.5, 0.6) is 0 Å². The molecule has 4 heteroatoms. The Labute approximate surface area is 288 Å². The maximum atomic E-state index is 2.41. The van der Waals surface area contributed by atoms with Crippen LogP contribution in [0.2, 0.25) is 0 Å². The molecule has 0 unspecified atom stereocenters. The minimum Gasteiger partial charge on any atom is -0.345 e. The van der Waals surface area contributed by atoms with Crippen molar-refractivity contribution in [2.45, 2.75) is 0 Å². The summed E-state index contributed by atoms with van der Waals surface area (Å²) in [5.74, 6) is 0. The van der Waals surface area contributed by atoms with Crippen LogP contribution in [-0.4, -0.2) is 27.9 Å². The Balaban J connectivity index is 0.988. The predicted octanol–water partition coefficient (Wildman–Crippen LogP) is 9.11. The molecule has 0 aliphatic carbocycles. The number of hydrogen-bond donors (Lipinski definition) is 0. The zero-order valence-corrected chi connectivity index (χ0v) is 27.9. The van der Waals surface area contributed by atoms with Crippen LogP contribution in [-0.2, 0) is 0 Å². The average molecular weight is 628 g/mol. The SMILES string of the molecule is CN1c2cccc3c2B2c4c1cccc4N(C)c1cc(-c4ccc(-c5ccc(-c6ccc(-c7ccccc7)cc6)cc5)cc4)cc(c12)N3C. The number of anilines is 6. The largest absolute Gasteiger partial charge is 0.345 e. The molecule has 0 bridgehead atoms. The smallest absolute Gasteiger partial charge is 0.257 e. The molecule has 7 aromatic carbocycles. The maximum absolute atomic E-state index is 2.41. The normalized spacial score (nSPS) is 13.4. The van der Waals surface area contributed by atoms with Crippen LogP contribution in [0.15, 0.2) is 152 Å². The lowest BCUT2D eigenvalue weighted by atomic mass is 9.32. The number of hydrogen-bond acceptors (Lipinski definition) is 3. The third-order valence-corrected chi connectivity index (χ3v) is 11.1. The van der Waals surface area contributed by atoms with Gasteiger partial charge < -0.3 is 14.7 Å². The molecule has 0 radical (unpaired) electrons. The molecule has 0 spiro atoms. The van der Waals surface area contributed by atoms with Crippen molar-refractivity contribution in [3.63, 3.8) is 0 Å². The zero-order chi connectivity index (χ0) is 32.8. The van der Waals surface area contributed by atoms with Crippen molar-refractivity contribution < 1.29 is 0 Å². The summed E-state index contributed by atoms with van der Waals surface area (Å²) in [5, 5.41) is 0. The Morgan fingerprint density at radius 1 is 0.286 bits per heavy atom. The Kier molecular flexibility index (Phi) is 6.01. The third kappa shape index (κ3) is 4.10. The second kappa shape index (κ2) is 10.5. The first-order valence-corrected chi connectivity index (χ1v) is 17.1. The highest BCUT2D eigenvalue weighted by Gasteiger charge is 2.46. The number of nitrogens with zero attached hydrogens (tertiary/aromatic N) is 3. The summed E-state index contributed by atoms with van der Waals surface area (Å²) < 4.78 is 0. The summed E-state index contributed by atoms with van der Waals surface area (Å²) in [4.78, 5) is 7.19. The highest BCUT2D eigenvalue weighted by Crippen LogP contribution is 2.44. The van der Waals surface area contributed by atoms with E-state index >= 15 is 0 Å². The van der Waals surface area contributed by atoms with Crippen molar-refractivity contribution in [1.82, 2.24) is 0 Å². The molecular formula is C45H34BN3. The van der Waals surface area contributed by atoms with E-state index < -0.39 is 0 Å². The summed E-state index contributed by atoms with van der Waals surface area (Å²) in [7, 11) is 6.66. The van der Waals surface area contributed by atoms with Crippen molar-refractivity contribution >= 4 is 57.2 Å². The van der Waals surface area contributed by atoms with E-state index in [0.717, 1.165) is 0 Å². The molecule has 3 nitrogen and oxygen atoms in total. The lowest BCUT2D eigenvalue weighted by Crippen LogP contribution is -2.65. The van der Waals surface area contributed by atoms with Gasteiger partial charge in [0.1, 0.15) is 0 Å². The van der Waals surface area contributed by atoms with Gasteiger partial charge in [0.15, 0.2) is 0 Å². The van der Waals surface area contributed by atoms with E-state index in [9.17, 15) is 0 Å². The van der Waals surface area contributed by atoms with E-state index in [4.69, 9.17) is 0 Å². The molecule has 0 N–H and O–H groups in total. The molecule has 0 fully saturated rings. The molecule has 0 saturated heterocycles. The lowest BCUT2D eigenvalue weighted by molar-refractivity contribution is 1.15. The van der Waals surface area contributed by atoms with Gasteiger partial charge in [0, 0.05) is 55.3 Å². The Morgan fingerprint density at radius 2 is 0.571 bits per heavy atom. The second-order valence-corrected chi connectivity index (χ2v) is 13.6. The van der Waals surface area contributed by atoms with Crippen LogP contribution in [0.3, 0.4) is 0 Å². The van der Waals surface area contributed by atoms with Gasteiger partial charge in [0.2, 0.25) is 0 Å². The van der Waals surface area contributed by atoms with Gasteiger partial charge in [-0.3, -0.25) is 0 Å². The average Bonchev–Trinajstić information content (AvgIpc) is 3.17. The monoisotopic (exact) mass is 627 g/mol. The standard InChI is InChI=1S/C45H34BN3/c1-47-37-11-7-13-39-43(37)46-44-38(47)12-8-14-40(44)49(3)42-28-36(27-41(45(42)46)48(39)2)35-25-23-34(24-26-35)33-21-19-32(20-22-33)31-17-15-30(16-18-31)29-9-5-4-6-10-29/h4-28H,1-3H3. The molecular weight excluding hydrogens is 593 g/mol. The Bertz CT molecular complexity index is 2330. The minimum atomic E-state index is 0.229. The molecule has 0 atom stereocenters. The van der Waals surface area contributed by atoms with Gasteiger partial charge in [-0.1, -0.05) is 115 Å². The highest BCUT2D eigenvalue weighted by atomic mass is 15.2. The van der Waals surface area contributed by atoms with Gasteiger partial charge in [-0.15, -0.1) is 0 Å². The zero-order valence-electron chi connectivity index (χ0n) is 27.9. The van der Waals surface area contributed by atoms with Gasteiger partial charge in [-0.2, -0.15) is 0 Å². The van der Waals surface area contributed by atoms with E-state index in [0.29, 0.717) is 0 Å². The summed E-state index contributed by atoms with van der Waals surface area (Å²) in [6.07, 6.45) is 0. The highest BCUT2D eigenvalue weighted by molar-refractivity contribution is 7.02. The van der Waals surface area contributed by atoms with Gasteiger partial charge in [0.05, 0.1) is 0 Å². The van der Waals surface area contributed by atoms with Crippen molar-refractivity contribution in [2.75, 3.05) is 35.8 Å². The Morgan fingerprint density at radius 3 is 0.939 bits per heavy atom. The van der Waals surface area contributed by atoms with E-state index in [1.165, 1.54) is 95.0 Å². The molecule has 3 aliphatic rings. The fourth-order valence-electron chi connectivity index (χ4n) is 8.50. The third-order valence-electron chi connectivity index (χ3n) is 11.1. The molecule has 0 amide bonds. The summed E-state index contributed by atoms with van der Waals surface area (Å²) >= 11 is 0. The van der Waals surface area contributed by atoms with Crippen molar-refractivity contribution in [3.8, 4) is 44.5 Å². The van der Waals surface area contributed by atoms with Crippen LogP contribution in [0.25, 0.3) is 44.5 Å². The second-order valence-electron chi connectivity index (χ2n) is 13.6. The van der Waals surface area contributed by atoms with E-state index in [1.54, 1.807) is 0 Å². The first kappa shape index (κ1) is 28.1. The molecule has 10 rings (SSSR count). The summed E-state index contributed by atoms with van der Waals surface area (Å²) in [6, 6.07) is 55.7. The minimum absolute atomic E-state index is 0.229. The predicted molar refractivity (Wildman–Crippen MR) is 210 cm³/mol. The molecule has 0 aromatic heterocycles. The van der Waals surface area contributed by atoms with E-state index in [-0.39, 0.29) is 6.71 Å². The first-order valence-electron chi connectivity index (χ1n) is 17.1. The van der Waals surface area contributed by atoms with Gasteiger partial charge in [-0.25, -0.2) is 0 Å². The van der Waals surface area contributed by atoms with Crippen LogP contribution >= 0.6 is 0 Å². The molecule has 232 valence electrons. The van der Waals surface area contributed by atoms with Crippen molar-refractivity contribution in [3.05, 3.63) is 152 Å². The molecule has 7 aromatic rings. The van der Waals surface area contributed by atoms with E-state index in [2.05, 4.69) is 188 Å². The van der Waals surface area contributed by atoms with Crippen LogP contribution in [0.1, 0.15) is 0 Å². The van der Waals surface area contributed by atoms with E-state index in [1.807, 2.05) is 0 Å². The summed E-state index contributed by atoms with van der Waals surface area (Å²) in [5.41, 5.74) is 21.8. The van der Waals surface area contributed by atoms with Gasteiger partial charge in [0.25, 0.3) is 6.71 Å². The number of benzene rings is 7. The molecule has 49 heavy (non-hydrogen) atoms. The van der Waals surface area contributed by atoms with Gasteiger partial charge >= 0.3 is 0 Å². The topological polar surface area (TPSA) is 9.72 Å². The Hall–Kier alpha value is -6.00. The van der Waals surface area contributed by atoms with Crippen LogP contribution in [0.4, 0.5) is 34.1 Å². The lowest BCUT2D eigenvalue weighted by Gasteiger charge is -2.47. The maximum Gasteiger partial charge on any atom is 0.257 e. The van der Waals surface area contributed by atoms with Gasteiger partial charge in [-0.05, 0) is 97.3 Å². The van der Waals surface area contributed by atoms with Crippen molar-refractivity contribution in [2.24, 2.45) is 0 Å². The number of rotatable bonds is 4. The van der Waals surface area contributed by atoms with Crippen LogP contribution in [0, 0.1) is 0 Å². The molecule has 0 saturated carbocycles. The first-order chi connectivity index (χ1) is 24.0. The quantitative estimate of drug-likeness (QED) is 0.180. The van der Waals surface area contributed by atoms with Crippen molar-refractivity contribution in [1.29, 1.82) is 0 Å². The molecule has 3 heterocycles. The fourth-order valence-corrected chi connectivity index (χ4v) is 8.50. The van der Waals surface area contributed by atoms with Crippen LogP contribution < -0.4 is 31.1 Å². The summed E-state index contributed by atoms with van der Waals surface area (Å²) in [6.45, 7) is 0.229. The molecule has 3 aliphatic heterocycles.